The van der Waals surface area contributed by atoms with Gasteiger partial charge in [-0.3, -0.25) is 4.90 Å². The summed E-state index contributed by atoms with van der Waals surface area (Å²) >= 11 is 3.48. The smallest absolute Gasteiger partial charge is 0.102 e. The molecular formula is C6H11BrFN. The number of likely N-dealkylation sites (tertiary alicyclic amines) is 1. The first-order chi connectivity index (χ1) is 4.33. The lowest BCUT2D eigenvalue weighted by atomic mass is 10.4. The van der Waals surface area contributed by atoms with Crippen LogP contribution >= 0.6 is 15.9 Å². The van der Waals surface area contributed by atoms with Crippen molar-refractivity contribution in [3.8, 4) is 0 Å². The van der Waals surface area contributed by atoms with E-state index in [0.29, 0.717) is 11.4 Å². The molecule has 0 bridgehead atoms. The summed E-state index contributed by atoms with van der Waals surface area (Å²) in [6.07, 6.45) is 1.17. The van der Waals surface area contributed by atoms with Crippen LogP contribution in [0.25, 0.3) is 0 Å². The molecule has 1 nitrogen and oxygen atoms in total. The average Bonchev–Trinajstić information content (AvgIpc) is 2.17. The van der Waals surface area contributed by atoms with E-state index in [2.05, 4.69) is 20.8 Å². The summed E-state index contributed by atoms with van der Waals surface area (Å²) in [4.78, 5) is 2.74. The van der Waals surface area contributed by atoms with Crippen LogP contribution in [-0.2, 0) is 0 Å². The van der Waals surface area contributed by atoms with E-state index in [9.17, 15) is 4.39 Å². The Labute approximate surface area is 63.4 Å². The SMILES string of the molecule is FCCN1CCC(Br)C1. The second-order valence-electron chi connectivity index (χ2n) is 2.38. The van der Waals surface area contributed by atoms with Crippen molar-refractivity contribution in [1.29, 1.82) is 0 Å². The van der Waals surface area contributed by atoms with Crippen LogP contribution in [0.15, 0.2) is 0 Å². The van der Waals surface area contributed by atoms with Crippen LogP contribution in [0, 0.1) is 0 Å². The number of hydrogen-bond acceptors (Lipinski definition) is 1. The van der Waals surface area contributed by atoms with Crippen LogP contribution in [0.5, 0.6) is 0 Å². The van der Waals surface area contributed by atoms with Gasteiger partial charge in [-0.1, -0.05) is 15.9 Å². The van der Waals surface area contributed by atoms with Gasteiger partial charge in [0.2, 0.25) is 0 Å². The highest BCUT2D eigenvalue weighted by Gasteiger charge is 2.18. The highest BCUT2D eigenvalue weighted by Crippen LogP contribution is 2.15. The van der Waals surface area contributed by atoms with Gasteiger partial charge in [0.25, 0.3) is 0 Å². The average molecular weight is 196 g/mol. The van der Waals surface area contributed by atoms with Gasteiger partial charge in [0.05, 0.1) is 0 Å². The third-order valence-electron chi connectivity index (χ3n) is 1.62. The maximum absolute atomic E-state index is 11.7. The Morgan fingerprint density at radius 1 is 1.67 bits per heavy atom. The van der Waals surface area contributed by atoms with E-state index in [4.69, 9.17) is 0 Å². The molecule has 1 fully saturated rings. The third kappa shape index (κ3) is 2.22. The van der Waals surface area contributed by atoms with Gasteiger partial charge in [-0.2, -0.15) is 0 Å². The minimum atomic E-state index is -0.209. The molecule has 3 heteroatoms. The van der Waals surface area contributed by atoms with Gasteiger partial charge in [0.15, 0.2) is 0 Å². The van der Waals surface area contributed by atoms with Crippen molar-refractivity contribution in [2.75, 3.05) is 26.3 Å². The number of hydrogen-bond donors (Lipinski definition) is 0. The highest BCUT2D eigenvalue weighted by atomic mass is 79.9. The van der Waals surface area contributed by atoms with E-state index in [1.54, 1.807) is 0 Å². The number of nitrogens with zero attached hydrogens (tertiary/aromatic N) is 1. The Bertz CT molecular complexity index is 87.1. The maximum Gasteiger partial charge on any atom is 0.102 e. The zero-order chi connectivity index (χ0) is 6.69. The molecule has 1 rings (SSSR count). The van der Waals surface area contributed by atoms with E-state index in [1.165, 1.54) is 6.42 Å². The summed E-state index contributed by atoms with van der Waals surface area (Å²) in [6.45, 7) is 2.48. The lowest BCUT2D eigenvalue weighted by Gasteiger charge is -2.10. The molecule has 0 aromatic heterocycles. The van der Waals surface area contributed by atoms with Crippen LogP contribution in [0.1, 0.15) is 6.42 Å². The summed E-state index contributed by atoms with van der Waals surface area (Å²) in [5, 5.41) is 0. The number of halogens is 2. The molecular weight excluding hydrogens is 185 g/mol. The third-order valence-corrected chi connectivity index (χ3v) is 2.36. The van der Waals surface area contributed by atoms with Gasteiger partial charge in [-0.05, 0) is 13.0 Å². The molecule has 0 saturated carbocycles. The van der Waals surface area contributed by atoms with Gasteiger partial charge < -0.3 is 0 Å². The molecule has 0 amide bonds. The molecule has 1 aliphatic rings. The molecule has 0 aliphatic carbocycles. The largest absolute Gasteiger partial charge is 0.300 e. The van der Waals surface area contributed by atoms with E-state index >= 15 is 0 Å². The Morgan fingerprint density at radius 3 is 2.89 bits per heavy atom. The van der Waals surface area contributed by atoms with Crippen LogP contribution < -0.4 is 0 Å². The first kappa shape index (κ1) is 7.48. The van der Waals surface area contributed by atoms with Crippen molar-refractivity contribution in [3.05, 3.63) is 0 Å². The van der Waals surface area contributed by atoms with Crippen LogP contribution in [0.4, 0.5) is 4.39 Å². The van der Waals surface area contributed by atoms with Gasteiger partial charge >= 0.3 is 0 Å². The second-order valence-corrected chi connectivity index (χ2v) is 3.67. The van der Waals surface area contributed by atoms with Gasteiger partial charge in [0.1, 0.15) is 6.67 Å². The zero-order valence-corrected chi connectivity index (χ0v) is 6.90. The van der Waals surface area contributed by atoms with Gasteiger partial charge in [-0.15, -0.1) is 0 Å². The normalized spacial score (nSPS) is 29.3. The molecule has 0 aromatic rings. The second kappa shape index (κ2) is 3.52. The fourth-order valence-electron chi connectivity index (χ4n) is 1.11. The summed E-state index contributed by atoms with van der Waals surface area (Å²) < 4.78 is 11.7. The minimum Gasteiger partial charge on any atom is -0.300 e. The van der Waals surface area contributed by atoms with E-state index in [1.807, 2.05) is 0 Å². The topological polar surface area (TPSA) is 3.24 Å². The quantitative estimate of drug-likeness (QED) is 0.604. The molecule has 1 unspecified atom stereocenters. The van der Waals surface area contributed by atoms with Crippen LogP contribution in [-0.4, -0.2) is 36.0 Å². The van der Waals surface area contributed by atoms with E-state index in [0.717, 1.165) is 13.1 Å². The molecule has 1 atom stereocenters. The predicted molar refractivity (Wildman–Crippen MR) is 39.7 cm³/mol. The standard InChI is InChI=1S/C6H11BrFN/c7-6-1-3-9(5-6)4-2-8/h6H,1-5H2. The molecule has 1 heterocycles. The monoisotopic (exact) mass is 195 g/mol. The van der Waals surface area contributed by atoms with Crippen LogP contribution in [0.3, 0.4) is 0 Å². The Hall–Kier alpha value is 0.370. The van der Waals surface area contributed by atoms with Crippen molar-refractivity contribution in [2.24, 2.45) is 0 Å². The van der Waals surface area contributed by atoms with Crippen molar-refractivity contribution in [1.82, 2.24) is 4.90 Å². The predicted octanol–water partition coefficient (Wildman–Crippen LogP) is 1.43. The van der Waals surface area contributed by atoms with Crippen molar-refractivity contribution in [2.45, 2.75) is 11.2 Å². The Kier molecular flexibility index (Phi) is 2.92. The van der Waals surface area contributed by atoms with Crippen LogP contribution in [0.2, 0.25) is 0 Å². The molecule has 0 aromatic carbocycles. The number of alkyl halides is 2. The van der Waals surface area contributed by atoms with Crippen molar-refractivity contribution >= 4 is 15.9 Å². The molecule has 0 N–H and O–H groups in total. The molecule has 1 aliphatic heterocycles. The fourth-order valence-corrected chi connectivity index (χ4v) is 1.72. The molecule has 0 spiro atoms. The van der Waals surface area contributed by atoms with Gasteiger partial charge in [-0.25, -0.2) is 4.39 Å². The highest BCUT2D eigenvalue weighted by molar-refractivity contribution is 9.09. The first-order valence-corrected chi connectivity index (χ1v) is 4.17. The van der Waals surface area contributed by atoms with Crippen molar-refractivity contribution in [3.63, 3.8) is 0 Å². The van der Waals surface area contributed by atoms with E-state index in [-0.39, 0.29) is 6.67 Å². The lowest BCUT2D eigenvalue weighted by Crippen LogP contribution is -2.22. The molecule has 1 saturated heterocycles. The molecule has 0 radical (unpaired) electrons. The fraction of sp³-hybridized carbons (Fsp3) is 1.00. The molecule has 54 valence electrons. The lowest BCUT2D eigenvalue weighted by molar-refractivity contribution is 0.298. The summed E-state index contributed by atoms with van der Waals surface area (Å²) in [5.74, 6) is 0. The van der Waals surface area contributed by atoms with E-state index < -0.39 is 0 Å². The zero-order valence-electron chi connectivity index (χ0n) is 5.32. The molecule has 9 heavy (non-hydrogen) atoms. The number of rotatable bonds is 2. The minimum absolute atomic E-state index is 0.209. The summed E-state index contributed by atoms with van der Waals surface area (Å²) in [6, 6.07) is 0. The Balaban J connectivity index is 2.14. The first-order valence-electron chi connectivity index (χ1n) is 3.25. The Morgan fingerprint density at radius 2 is 2.44 bits per heavy atom. The van der Waals surface area contributed by atoms with Gasteiger partial charge in [0, 0.05) is 17.9 Å². The maximum atomic E-state index is 11.7. The summed E-state index contributed by atoms with van der Waals surface area (Å²) in [7, 11) is 0. The van der Waals surface area contributed by atoms with Crippen molar-refractivity contribution < 1.29 is 4.39 Å². The summed E-state index contributed by atoms with van der Waals surface area (Å²) in [5.41, 5.74) is 0.